The second kappa shape index (κ2) is 12.6. The van der Waals surface area contributed by atoms with E-state index in [0.717, 1.165) is 83.3 Å². The van der Waals surface area contributed by atoms with Gasteiger partial charge < -0.3 is 4.42 Å². The minimum atomic E-state index is 0.693. The fraction of sp³-hybridized carbons (Fsp3) is 0. The van der Waals surface area contributed by atoms with E-state index in [4.69, 9.17) is 19.4 Å². The Labute approximate surface area is 317 Å². The molecule has 0 fully saturated rings. The number of nitrogens with zero attached hydrogens (tertiary/aromatic N) is 3. The molecule has 0 bridgehead atoms. The van der Waals surface area contributed by atoms with Gasteiger partial charge in [0.2, 0.25) is 0 Å². The summed E-state index contributed by atoms with van der Waals surface area (Å²) < 4.78 is 6.84. The van der Waals surface area contributed by atoms with E-state index in [2.05, 4.69) is 140 Å². The normalized spacial score (nSPS) is 11.6. The SMILES string of the molecule is c1ccc(-c2cc(-c3ccc(-c4nc5cccc(-c6cc7ccccc7c7ccccc67)c5c5oc6ccccc6c45)cc3)nc(-c3ccccc3)n2)cc1. The molecule has 55 heavy (non-hydrogen) atoms. The van der Waals surface area contributed by atoms with Crippen LogP contribution in [0.5, 0.6) is 0 Å². The highest BCUT2D eigenvalue weighted by Crippen LogP contribution is 2.45. The van der Waals surface area contributed by atoms with Crippen LogP contribution in [0.15, 0.2) is 192 Å². The smallest absolute Gasteiger partial charge is 0.160 e. The number of hydrogen-bond acceptors (Lipinski definition) is 4. The van der Waals surface area contributed by atoms with Crippen molar-refractivity contribution in [3.8, 4) is 56.3 Å². The maximum Gasteiger partial charge on any atom is 0.160 e. The van der Waals surface area contributed by atoms with Crippen molar-refractivity contribution in [1.82, 2.24) is 15.0 Å². The van der Waals surface area contributed by atoms with Crippen LogP contribution in [0.1, 0.15) is 0 Å². The molecule has 0 amide bonds. The van der Waals surface area contributed by atoms with Crippen molar-refractivity contribution in [2.75, 3.05) is 0 Å². The summed E-state index contributed by atoms with van der Waals surface area (Å²) in [7, 11) is 0. The van der Waals surface area contributed by atoms with E-state index in [1.807, 2.05) is 48.5 Å². The molecule has 0 saturated heterocycles. The van der Waals surface area contributed by atoms with Gasteiger partial charge in [0.1, 0.15) is 11.2 Å². The molecule has 0 aliphatic rings. The zero-order chi connectivity index (χ0) is 36.3. The van der Waals surface area contributed by atoms with Gasteiger partial charge in [0, 0.05) is 27.6 Å². The van der Waals surface area contributed by atoms with Crippen molar-refractivity contribution in [3.63, 3.8) is 0 Å². The Bertz CT molecular complexity index is 3180. The van der Waals surface area contributed by atoms with E-state index in [9.17, 15) is 0 Å². The largest absolute Gasteiger partial charge is 0.455 e. The van der Waals surface area contributed by atoms with Crippen LogP contribution in [0.4, 0.5) is 0 Å². The van der Waals surface area contributed by atoms with E-state index < -0.39 is 0 Å². The van der Waals surface area contributed by atoms with Crippen LogP contribution in [0.3, 0.4) is 0 Å². The molecule has 11 aromatic rings. The first kappa shape index (κ1) is 31.1. The zero-order valence-corrected chi connectivity index (χ0v) is 29.6. The molecule has 0 saturated carbocycles. The van der Waals surface area contributed by atoms with Crippen molar-refractivity contribution in [1.29, 1.82) is 0 Å². The summed E-state index contributed by atoms with van der Waals surface area (Å²) >= 11 is 0. The first-order chi connectivity index (χ1) is 27.3. The number of fused-ring (bicyclic) bond motifs is 8. The lowest BCUT2D eigenvalue weighted by Gasteiger charge is -2.14. The summed E-state index contributed by atoms with van der Waals surface area (Å²) in [5.74, 6) is 0.693. The van der Waals surface area contributed by atoms with Gasteiger partial charge in [-0.3, -0.25) is 0 Å². The Morgan fingerprint density at radius 1 is 0.364 bits per heavy atom. The number of benzene rings is 8. The molecule has 8 aromatic carbocycles. The van der Waals surface area contributed by atoms with Gasteiger partial charge in [0.15, 0.2) is 5.82 Å². The van der Waals surface area contributed by atoms with Crippen molar-refractivity contribution < 1.29 is 4.42 Å². The number of pyridine rings is 1. The van der Waals surface area contributed by atoms with Gasteiger partial charge in [-0.1, -0.05) is 164 Å². The summed E-state index contributed by atoms with van der Waals surface area (Å²) in [6.07, 6.45) is 0. The van der Waals surface area contributed by atoms with Crippen LogP contribution >= 0.6 is 0 Å². The first-order valence-corrected chi connectivity index (χ1v) is 18.5. The summed E-state index contributed by atoms with van der Waals surface area (Å²) in [5.41, 5.74) is 11.5. The van der Waals surface area contributed by atoms with E-state index in [0.29, 0.717) is 5.82 Å². The van der Waals surface area contributed by atoms with E-state index in [1.165, 1.54) is 21.5 Å². The first-order valence-electron chi connectivity index (χ1n) is 18.5. The number of furan rings is 1. The molecule has 3 heterocycles. The molecule has 4 heteroatoms. The topological polar surface area (TPSA) is 51.8 Å². The fourth-order valence-electron chi connectivity index (χ4n) is 8.08. The average Bonchev–Trinajstić information content (AvgIpc) is 3.66. The maximum atomic E-state index is 6.84. The van der Waals surface area contributed by atoms with Gasteiger partial charge in [0.05, 0.1) is 33.4 Å². The lowest BCUT2D eigenvalue weighted by molar-refractivity contribution is 0.672. The molecule has 3 aromatic heterocycles. The van der Waals surface area contributed by atoms with E-state index in [1.54, 1.807) is 0 Å². The second-order valence-electron chi connectivity index (χ2n) is 13.9. The third kappa shape index (κ3) is 5.19. The number of para-hydroxylation sites is 1. The number of hydrogen-bond donors (Lipinski definition) is 0. The van der Waals surface area contributed by atoms with Crippen molar-refractivity contribution in [2.45, 2.75) is 0 Å². The molecule has 0 unspecified atom stereocenters. The zero-order valence-electron chi connectivity index (χ0n) is 29.6. The Morgan fingerprint density at radius 3 is 1.73 bits per heavy atom. The predicted molar refractivity (Wildman–Crippen MR) is 227 cm³/mol. The average molecular weight is 702 g/mol. The Kier molecular flexibility index (Phi) is 7.14. The third-order valence-corrected chi connectivity index (χ3v) is 10.7. The lowest BCUT2D eigenvalue weighted by Crippen LogP contribution is -1.96. The highest BCUT2D eigenvalue weighted by Gasteiger charge is 2.21. The summed E-state index contributed by atoms with van der Waals surface area (Å²) in [4.78, 5) is 15.5. The monoisotopic (exact) mass is 701 g/mol. The second-order valence-corrected chi connectivity index (χ2v) is 13.9. The maximum absolute atomic E-state index is 6.84. The van der Waals surface area contributed by atoms with Gasteiger partial charge >= 0.3 is 0 Å². The van der Waals surface area contributed by atoms with Gasteiger partial charge in [0.25, 0.3) is 0 Å². The fourth-order valence-corrected chi connectivity index (χ4v) is 8.08. The molecule has 11 rings (SSSR count). The Morgan fingerprint density at radius 2 is 0.964 bits per heavy atom. The molecule has 0 spiro atoms. The van der Waals surface area contributed by atoms with Crippen LogP contribution < -0.4 is 0 Å². The van der Waals surface area contributed by atoms with Gasteiger partial charge in [-0.25, -0.2) is 15.0 Å². The van der Waals surface area contributed by atoms with Gasteiger partial charge in [-0.05, 0) is 56.9 Å². The molecule has 0 aliphatic carbocycles. The molecule has 0 aliphatic heterocycles. The van der Waals surface area contributed by atoms with Crippen LogP contribution in [0, 0.1) is 0 Å². The van der Waals surface area contributed by atoms with Crippen LogP contribution in [0.25, 0.3) is 111 Å². The van der Waals surface area contributed by atoms with Crippen LogP contribution in [-0.4, -0.2) is 15.0 Å². The number of aromatic nitrogens is 3. The van der Waals surface area contributed by atoms with E-state index in [-0.39, 0.29) is 0 Å². The summed E-state index contributed by atoms with van der Waals surface area (Å²) in [5, 5.41) is 7.94. The van der Waals surface area contributed by atoms with Crippen molar-refractivity contribution in [2.24, 2.45) is 0 Å². The standard InChI is InChI=1S/C51H31N3O/c1-3-14-32(15-4-1)44-31-45(54-51(53-44)35-16-5-2-6-17-35)33-26-28-34(29-27-33)49-48-41-22-11-12-25-46(41)55-50(48)47-40(23-13-24-43(47)52-49)42-30-36-18-7-8-19-37(36)38-20-9-10-21-39(38)42/h1-31H. The van der Waals surface area contributed by atoms with Crippen LogP contribution in [-0.2, 0) is 0 Å². The molecule has 256 valence electrons. The molecule has 0 N–H and O–H groups in total. The van der Waals surface area contributed by atoms with Crippen LogP contribution in [0.2, 0.25) is 0 Å². The minimum Gasteiger partial charge on any atom is -0.455 e. The Hall–Kier alpha value is -7.43. The lowest BCUT2D eigenvalue weighted by atomic mass is 9.90. The van der Waals surface area contributed by atoms with Crippen molar-refractivity contribution >= 4 is 54.4 Å². The third-order valence-electron chi connectivity index (χ3n) is 10.7. The molecule has 0 radical (unpaired) electrons. The quantitative estimate of drug-likeness (QED) is 0.168. The Balaban J connectivity index is 1.11. The molecular weight excluding hydrogens is 671 g/mol. The minimum absolute atomic E-state index is 0.693. The predicted octanol–water partition coefficient (Wildman–Crippen LogP) is 13.6. The van der Waals surface area contributed by atoms with Crippen molar-refractivity contribution in [3.05, 3.63) is 188 Å². The van der Waals surface area contributed by atoms with Gasteiger partial charge in [-0.15, -0.1) is 0 Å². The molecule has 4 nitrogen and oxygen atoms in total. The van der Waals surface area contributed by atoms with Gasteiger partial charge in [-0.2, -0.15) is 0 Å². The molecule has 0 atom stereocenters. The summed E-state index contributed by atoms with van der Waals surface area (Å²) in [6, 6.07) is 65.4. The summed E-state index contributed by atoms with van der Waals surface area (Å²) in [6.45, 7) is 0. The molecular formula is C51H31N3O. The number of rotatable bonds is 5. The highest BCUT2D eigenvalue weighted by molar-refractivity contribution is 6.24. The highest BCUT2D eigenvalue weighted by atomic mass is 16.3. The van der Waals surface area contributed by atoms with E-state index >= 15 is 0 Å².